The Kier molecular flexibility index (Phi) is 12.9. The Bertz CT molecular complexity index is 3030. The standard InChI is InChI=1S/C64H60N4/c1-47-15-11-23-61(43-47)67(62-24-12-16-48(2)44-62)59-39-35-57(36-40-59)65(53-19-7-5-8-20-53)55-31-27-51(28-32-55)52-29-33-56(34-30-52)66(54-21-9-6-10-22-54)58-37-41-60(42-38-58)68(63-25-13-17-49(3)45-63)64-26-14-18-50(4)46-64/h5-9,11,13-15,17-21,23-37,39-46,58H,10,12,16,22,38H2,1-4H3. The van der Waals surface area contributed by atoms with E-state index in [1.54, 1.807) is 0 Å². The van der Waals surface area contributed by atoms with Gasteiger partial charge in [-0.05, 0) is 203 Å². The highest BCUT2D eigenvalue weighted by molar-refractivity contribution is 5.81. The van der Waals surface area contributed by atoms with Gasteiger partial charge in [-0.2, -0.15) is 0 Å². The Balaban J connectivity index is 0.912. The van der Waals surface area contributed by atoms with Crippen molar-refractivity contribution in [1.29, 1.82) is 0 Å². The van der Waals surface area contributed by atoms with Crippen LogP contribution in [0.25, 0.3) is 11.1 Å². The summed E-state index contributed by atoms with van der Waals surface area (Å²) in [5.41, 5.74) is 20.5. The minimum atomic E-state index is 0.188. The zero-order valence-electron chi connectivity index (χ0n) is 39.8. The zero-order chi connectivity index (χ0) is 46.4. The fourth-order valence-electron chi connectivity index (χ4n) is 9.89. The number of hydrogen-bond donors (Lipinski definition) is 0. The van der Waals surface area contributed by atoms with Crippen molar-refractivity contribution < 1.29 is 0 Å². The Hall–Kier alpha value is -7.82. The molecule has 4 nitrogen and oxygen atoms in total. The van der Waals surface area contributed by atoms with Crippen LogP contribution in [0.2, 0.25) is 0 Å². The van der Waals surface area contributed by atoms with Crippen molar-refractivity contribution in [3.05, 3.63) is 264 Å². The zero-order valence-corrected chi connectivity index (χ0v) is 39.8. The average molecular weight is 885 g/mol. The van der Waals surface area contributed by atoms with E-state index in [-0.39, 0.29) is 6.04 Å². The van der Waals surface area contributed by atoms with Crippen LogP contribution in [-0.4, -0.2) is 6.04 Å². The fraction of sp³-hybridized carbons (Fsp3) is 0.156. The number of rotatable bonds is 13. The predicted octanol–water partition coefficient (Wildman–Crippen LogP) is 17.6. The molecule has 0 bridgehead atoms. The summed E-state index contributed by atoms with van der Waals surface area (Å²) in [5.74, 6) is 0. The van der Waals surface area contributed by atoms with Gasteiger partial charge in [0, 0.05) is 62.6 Å². The van der Waals surface area contributed by atoms with Crippen molar-refractivity contribution in [1.82, 2.24) is 0 Å². The molecule has 0 amide bonds. The Morgan fingerprint density at radius 3 is 1.43 bits per heavy atom. The number of allylic oxidation sites excluding steroid dienone is 8. The summed E-state index contributed by atoms with van der Waals surface area (Å²) in [6.07, 6.45) is 23.7. The molecule has 0 heterocycles. The van der Waals surface area contributed by atoms with Crippen LogP contribution in [0, 0.1) is 20.8 Å². The normalized spacial score (nSPS) is 15.4. The second kappa shape index (κ2) is 20.0. The molecular formula is C64H60N4. The summed E-state index contributed by atoms with van der Waals surface area (Å²) in [6.45, 7) is 8.73. The molecule has 336 valence electrons. The Morgan fingerprint density at radius 1 is 0.426 bits per heavy atom. The number of aryl methyl sites for hydroxylation is 3. The van der Waals surface area contributed by atoms with Gasteiger partial charge in [0.15, 0.2) is 0 Å². The van der Waals surface area contributed by atoms with Crippen molar-refractivity contribution in [2.45, 2.75) is 65.8 Å². The minimum absolute atomic E-state index is 0.188. The van der Waals surface area contributed by atoms with Gasteiger partial charge in [-0.15, -0.1) is 0 Å². The van der Waals surface area contributed by atoms with Gasteiger partial charge in [0.2, 0.25) is 0 Å². The average Bonchev–Trinajstić information content (AvgIpc) is 3.37. The van der Waals surface area contributed by atoms with E-state index in [0.29, 0.717) is 0 Å². The topological polar surface area (TPSA) is 13.0 Å². The third-order valence-corrected chi connectivity index (χ3v) is 13.3. The third kappa shape index (κ3) is 9.68. The third-order valence-electron chi connectivity index (χ3n) is 13.3. The molecule has 0 fully saturated rings. The van der Waals surface area contributed by atoms with Crippen LogP contribution < -0.4 is 19.6 Å². The number of hydrogen-bond acceptors (Lipinski definition) is 4. The molecule has 0 spiro atoms. The largest absolute Gasteiger partial charge is 0.338 e. The Labute approximate surface area is 404 Å². The minimum Gasteiger partial charge on any atom is -0.338 e. The van der Waals surface area contributed by atoms with Crippen molar-refractivity contribution in [2.24, 2.45) is 0 Å². The molecule has 1 unspecified atom stereocenters. The monoisotopic (exact) mass is 884 g/mol. The maximum atomic E-state index is 2.55. The fourth-order valence-corrected chi connectivity index (χ4v) is 9.89. The SMILES string of the molecule is CC1=CC(N(c2ccc(N(c3ccccc3)c3ccc(-c4ccc(N(C5=CC=CCC5)C5C=CC(N(c6cccc(C)c6)c6cccc(C)c6)=CC5)cc4)cc3)cc2)c2cccc(C)c2)=CCC1. The summed E-state index contributed by atoms with van der Waals surface area (Å²) >= 11 is 0. The molecule has 0 aliphatic heterocycles. The van der Waals surface area contributed by atoms with Gasteiger partial charge >= 0.3 is 0 Å². The molecule has 68 heavy (non-hydrogen) atoms. The molecule has 7 aromatic rings. The van der Waals surface area contributed by atoms with Crippen LogP contribution in [0.4, 0.5) is 45.5 Å². The number of para-hydroxylation sites is 1. The Morgan fingerprint density at radius 2 is 0.926 bits per heavy atom. The van der Waals surface area contributed by atoms with Crippen LogP contribution in [0.5, 0.6) is 0 Å². The molecule has 0 saturated heterocycles. The van der Waals surface area contributed by atoms with Crippen molar-refractivity contribution in [3.63, 3.8) is 0 Å². The first kappa shape index (κ1) is 44.0. The lowest BCUT2D eigenvalue weighted by Gasteiger charge is -2.37. The number of anilines is 8. The summed E-state index contributed by atoms with van der Waals surface area (Å²) < 4.78 is 0. The van der Waals surface area contributed by atoms with E-state index in [2.05, 4.69) is 272 Å². The van der Waals surface area contributed by atoms with Crippen LogP contribution >= 0.6 is 0 Å². The maximum Gasteiger partial charge on any atom is 0.0558 e. The number of nitrogens with zero attached hydrogens (tertiary/aromatic N) is 4. The first-order chi connectivity index (χ1) is 33.3. The molecule has 3 aliphatic carbocycles. The molecular weight excluding hydrogens is 825 g/mol. The smallest absolute Gasteiger partial charge is 0.0558 e. The van der Waals surface area contributed by atoms with Gasteiger partial charge in [-0.3, -0.25) is 0 Å². The quantitative estimate of drug-likeness (QED) is 0.114. The molecule has 0 N–H and O–H groups in total. The van der Waals surface area contributed by atoms with E-state index in [1.807, 2.05) is 0 Å². The van der Waals surface area contributed by atoms with Gasteiger partial charge < -0.3 is 19.6 Å². The number of benzene rings is 7. The highest BCUT2D eigenvalue weighted by Crippen LogP contribution is 2.41. The van der Waals surface area contributed by atoms with Crippen molar-refractivity contribution in [2.75, 3.05) is 19.6 Å². The van der Waals surface area contributed by atoms with Crippen LogP contribution in [0.3, 0.4) is 0 Å². The first-order valence-electron chi connectivity index (χ1n) is 24.2. The van der Waals surface area contributed by atoms with E-state index in [1.165, 1.54) is 73.2 Å². The highest BCUT2D eigenvalue weighted by Gasteiger charge is 2.25. The predicted molar refractivity (Wildman–Crippen MR) is 290 cm³/mol. The summed E-state index contributed by atoms with van der Waals surface area (Å²) in [5, 5.41) is 0. The second-order valence-electron chi connectivity index (χ2n) is 18.4. The maximum absolute atomic E-state index is 2.55. The lowest BCUT2D eigenvalue weighted by Crippen LogP contribution is -2.35. The lowest BCUT2D eigenvalue weighted by molar-refractivity contribution is 0.716. The van der Waals surface area contributed by atoms with Gasteiger partial charge in [0.05, 0.1) is 6.04 Å². The van der Waals surface area contributed by atoms with E-state index in [4.69, 9.17) is 0 Å². The molecule has 10 rings (SSSR count). The van der Waals surface area contributed by atoms with E-state index >= 15 is 0 Å². The molecule has 0 aromatic heterocycles. The van der Waals surface area contributed by atoms with Crippen LogP contribution in [-0.2, 0) is 0 Å². The van der Waals surface area contributed by atoms with E-state index in [0.717, 1.165) is 54.9 Å². The molecule has 4 heteroatoms. The van der Waals surface area contributed by atoms with Gasteiger partial charge in [0.1, 0.15) is 0 Å². The molecule has 3 aliphatic rings. The van der Waals surface area contributed by atoms with E-state index in [9.17, 15) is 0 Å². The lowest BCUT2D eigenvalue weighted by atomic mass is 9.98. The van der Waals surface area contributed by atoms with E-state index < -0.39 is 0 Å². The first-order valence-corrected chi connectivity index (χ1v) is 24.2. The summed E-state index contributed by atoms with van der Waals surface area (Å²) in [6, 6.07) is 64.5. The van der Waals surface area contributed by atoms with Gasteiger partial charge in [0.25, 0.3) is 0 Å². The summed E-state index contributed by atoms with van der Waals surface area (Å²) in [4.78, 5) is 9.68. The molecule has 1 atom stereocenters. The molecule has 0 radical (unpaired) electrons. The van der Waals surface area contributed by atoms with Gasteiger partial charge in [-0.1, -0.05) is 115 Å². The van der Waals surface area contributed by atoms with Gasteiger partial charge in [-0.25, -0.2) is 0 Å². The van der Waals surface area contributed by atoms with Crippen molar-refractivity contribution >= 4 is 45.5 Å². The van der Waals surface area contributed by atoms with Crippen LogP contribution in [0.15, 0.2) is 247 Å². The molecule has 7 aromatic carbocycles. The molecule has 0 saturated carbocycles. The highest BCUT2D eigenvalue weighted by atomic mass is 15.2. The van der Waals surface area contributed by atoms with Crippen molar-refractivity contribution in [3.8, 4) is 11.1 Å². The second-order valence-corrected chi connectivity index (χ2v) is 18.4. The summed E-state index contributed by atoms with van der Waals surface area (Å²) in [7, 11) is 0. The van der Waals surface area contributed by atoms with Crippen LogP contribution in [0.1, 0.15) is 55.7 Å².